The van der Waals surface area contributed by atoms with Crippen LogP contribution in [0, 0.1) is 0 Å². The minimum absolute atomic E-state index is 0.118. The quantitative estimate of drug-likeness (QED) is 0.714. The number of carbonyl (C=O) groups excluding carboxylic acids is 1. The summed E-state index contributed by atoms with van der Waals surface area (Å²) in [5.74, 6) is 0.231. The molecular formula is C18H15ClN2O2. The topological polar surface area (TPSA) is 38.4 Å². The highest BCUT2D eigenvalue weighted by Crippen LogP contribution is 2.36. The van der Waals surface area contributed by atoms with Gasteiger partial charge in [-0.3, -0.25) is 4.79 Å². The van der Waals surface area contributed by atoms with Crippen LogP contribution in [0.1, 0.15) is 27.9 Å². The molecule has 0 saturated carbocycles. The Morgan fingerprint density at radius 3 is 2.74 bits per heavy atom. The van der Waals surface area contributed by atoms with Crippen LogP contribution >= 0.6 is 11.6 Å². The zero-order chi connectivity index (χ0) is 15.8. The maximum atomic E-state index is 12.9. The van der Waals surface area contributed by atoms with E-state index in [1.165, 1.54) is 6.26 Å². The van der Waals surface area contributed by atoms with E-state index in [4.69, 9.17) is 16.0 Å². The van der Waals surface area contributed by atoms with E-state index in [2.05, 4.69) is 4.57 Å². The summed E-state index contributed by atoms with van der Waals surface area (Å²) in [6, 6.07) is 14.9. The Labute approximate surface area is 138 Å². The third-order valence-corrected chi connectivity index (χ3v) is 4.58. The van der Waals surface area contributed by atoms with Gasteiger partial charge in [-0.2, -0.15) is 0 Å². The van der Waals surface area contributed by atoms with Gasteiger partial charge in [-0.15, -0.1) is 0 Å². The predicted molar refractivity (Wildman–Crippen MR) is 87.5 cm³/mol. The van der Waals surface area contributed by atoms with Crippen molar-refractivity contribution in [1.29, 1.82) is 0 Å². The van der Waals surface area contributed by atoms with Crippen LogP contribution in [-0.2, 0) is 6.54 Å². The summed E-state index contributed by atoms with van der Waals surface area (Å²) >= 11 is 6.42. The number of carbonyl (C=O) groups is 1. The normalized spacial score (nSPS) is 17.1. The van der Waals surface area contributed by atoms with Crippen molar-refractivity contribution in [1.82, 2.24) is 9.47 Å². The molecule has 1 aromatic carbocycles. The summed E-state index contributed by atoms with van der Waals surface area (Å²) in [7, 11) is 0. The number of nitrogens with zero attached hydrogens (tertiary/aromatic N) is 2. The van der Waals surface area contributed by atoms with Crippen molar-refractivity contribution in [3.05, 3.63) is 83.0 Å². The molecule has 1 amide bonds. The summed E-state index contributed by atoms with van der Waals surface area (Å²) in [4.78, 5) is 14.7. The second-order valence-corrected chi connectivity index (χ2v) is 5.93. The van der Waals surface area contributed by atoms with Gasteiger partial charge in [-0.05, 0) is 35.9 Å². The minimum Gasteiger partial charge on any atom is -0.459 e. The van der Waals surface area contributed by atoms with Crippen LogP contribution in [0.5, 0.6) is 0 Å². The van der Waals surface area contributed by atoms with Crippen LogP contribution in [0.15, 0.2) is 65.4 Å². The first-order valence-electron chi connectivity index (χ1n) is 7.49. The van der Waals surface area contributed by atoms with Gasteiger partial charge in [-0.25, -0.2) is 0 Å². The summed E-state index contributed by atoms with van der Waals surface area (Å²) in [6.07, 6.45) is 3.55. The van der Waals surface area contributed by atoms with E-state index < -0.39 is 0 Å². The highest BCUT2D eigenvalue weighted by molar-refractivity contribution is 6.31. The number of halogens is 1. The van der Waals surface area contributed by atoms with Crippen molar-refractivity contribution in [3.8, 4) is 0 Å². The van der Waals surface area contributed by atoms with Crippen LogP contribution in [0.2, 0.25) is 5.02 Å². The van der Waals surface area contributed by atoms with Crippen LogP contribution in [-0.4, -0.2) is 21.9 Å². The molecule has 4 rings (SSSR count). The van der Waals surface area contributed by atoms with Gasteiger partial charge < -0.3 is 13.9 Å². The molecule has 2 aromatic heterocycles. The van der Waals surface area contributed by atoms with Crippen molar-refractivity contribution < 1.29 is 9.21 Å². The Morgan fingerprint density at radius 1 is 1.09 bits per heavy atom. The Bertz CT molecular complexity index is 838. The monoisotopic (exact) mass is 326 g/mol. The van der Waals surface area contributed by atoms with E-state index in [0.717, 1.165) is 17.8 Å². The molecule has 4 nitrogen and oxygen atoms in total. The van der Waals surface area contributed by atoms with Crippen molar-refractivity contribution in [2.75, 3.05) is 6.54 Å². The summed E-state index contributed by atoms with van der Waals surface area (Å²) in [6.45, 7) is 1.37. The molecule has 1 unspecified atom stereocenters. The van der Waals surface area contributed by atoms with Gasteiger partial charge in [-0.1, -0.05) is 29.8 Å². The zero-order valence-electron chi connectivity index (χ0n) is 12.4. The number of hydrogen-bond donors (Lipinski definition) is 0. The summed E-state index contributed by atoms with van der Waals surface area (Å²) in [5, 5.41) is 0.657. The molecule has 0 saturated heterocycles. The molecule has 1 aliphatic heterocycles. The molecular weight excluding hydrogens is 312 g/mol. The Balaban J connectivity index is 1.83. The van der Waals surface area contributed by atoms with E-state index in [-0.39, 0.29) is 11.9 Å². The molecule has 0 fully saturated rings. The number of benzene rings is 1. The molecule has 0 aliphatic carbocycles. The van der Waals surface area contributed by atoms with Crippen LogP contribution in [0.25, 0.3) is 0 Å². The number of rotatable bonds is 2. The maximum Gasteiger partial charge on any atom is 0.290 e. The number of fused-ring (bicyclic) bond motifs is 1. The van der Waals surface area contributed by atoms with Crippen LogP contribution in [0.3, 0.4) is 0 Å². The fourth-order valence-electron chi connectivity index (χ4n) is 3.17. The number of aromatic nitrogens is 1. The van der Waals surface area contributed by atoms with Gasteiger partial charge in [0.25, 0.3) is 5.91 Å². The standard InChI is InChI=1S/C18H15ClN2O2/c19-14-6-2-1-5-13(14)17-15-7-3-9-20(15)10-11-21(17)18(22)16-8-4-12-23-16/h1-9,12,17H,10-11H2. The average molecular weight is 327 g/mol. The molecule has 1 aliphatic rings. The lowest BCUT2D eigenvalue weighted by atomic mass is 9.99. The molecule has 3 heterocycles. The largest absolute Gasteiger partial charge is 0.459 e. The van der Waals surface area contributed by atoms with Gasteiger partial charge in [0, 0.05) is 30.0 Å². The lowest BCUT2D eigenvalue weighted by molar-refractivity contribution is 0.0631. The first kappa shape index (κ1) is 14.2. The molecule has 0 spiro atoms. The van der Waals surface area contributed by atoms with Crippen molar-refractivity contribution >= 4 is 17.5 Å². The molecule has 1 atom stereocenters. The zero-order valence-corrected chi connectivity index (χ0v) is 13.1. The maximum absolute atomic E-state index is 12.9. The van der Waals surface area contributed by atoms with Gasteiger partial charge in [0.2, 0.25) is 0 Å². The molecule has 0 N–H and O–H groups in total. The van der Waals surface area contributed by atoms with Crippen molar-refractivity contribution in [2.45, 2.75) is 12.6 Å². The predicted octanol–water partition coefficient (Wildman–Crippen LogP) is 3.98. The van der Waals surface area contributed by atoms with Gasteiger partial charge in [0.1, 0.15) is 0 Å². The second kappa shape index (κ2) is 5.63. The van der Waals surface area contributed by atoms with E-state index in [9.17, 15) is 4.79 Å². The van der Waals surface area contributed by atoms with Crippen molar-refractivity contribution in [3.63, 3.8) is 0 Å². The third-order valence-electron chi connectivity index (χ3n) is 4.23. The Morgan fingerprint density at radius 2 is 1.96 bits per heavy atom. The molecule has 23 heavy (non-hydrogen) atoms. The lowest BCUT2D eigenvalue weighted by Crippen LogP contribution is -2.42. The Hall–Kier alpha value is -2.46. The van der Waals surface area contributed by atoms with Gasteiger partial charge in [0.15, 0.2) is 5.76 Å². The fourth-order valence-corrected chi connectivity index (χ4v) is 3.41. The molecule has 0 bridgehead atoms. The number of hydrogen-bond acceptors (Lipinski definition) is 2. The SMILES string of the molecule is O=C(c1ccco1)N1CCn2cccc2C1c1ccccc1Cl. The van der Waals surface area contributed by atoms with E-state index in [0.29, 0.717) is 17.3 Å². The van der Waals surface area contributed by atoms with E-state index in [1.54, 1.807) is 12.1 Å². The molecule has 3 aromatic rings. The first-order valence-corrected chi connectivity index (χ1v) is 7.87. The van der Waals surface area contributed by atoms with E-state index >= 15 is 0 Å². The van der Waals surface area contributed by atoms with E-state index in [1.807, 2.05) is 47.5 Å². The Kier molecular flexibility index (Phi) is 3.46. The minimum atomic E-state index is -0.218. The third kappa shape index (κ3) is 2.35. The molecule has 5 heteroatoms. The van der Waals surface area contributed by atoms with Gasteiger partial charge in [0.05, 0.1) is 12.3 Å². The fraction of sp³-hybridized carbons (Fsp3) is 0.167. The lowest BCUT2D eigenvalue weighted by Gasteiger charge is -2.37. The smallest absolute Gasteiger partial charge is 0.290 e. The van der Waals surface area contributed by atoms with Gasteiger partial charge >= 0.3 is 0 Å². The highest BCUT2D eigenvalue weighted by atomic mass is 35.5. The van der Waals surface area contributed by atoms with Crippen LogP contribution in [0.4, 0.5) is 0 Å². The summed E-state index contributed by atoms with van der Waals surface area (Å²) in [5.41, 5.74) is 1.98. The number of amides is 1. The first-order chi connectivity index (χ1) is 11.3. The van der Waals surface area contributed by atoms with Crippen molar-refractivity contribution in [2.24, 2.45) is 0 Å². The molecule has 116 valence electrons. The second-order valence-electron chi connectivity index (χ2n) is 5.53. The van der Waals surface area contributed by atoms with Crippen LogP contribution < -0.4 is 0 Å². The number of furan rings is 1. The summed E-state index contributed by atoms with van der Waals surface area (Å²) < 4.78 is 7.47. The average Bonchev–Trinajstić information content (AvgIpc) is 3.25. The molecule has 0 radical (unpaired) electrons. The highest BCUT2D eigenvalue weighted by Gasteiger charge is 2.34.